The molecule has 2 aliphatic carbocycles. The monoisotopic (exact) mass is 657 g/mol. The van der Waals surface area contributed by atoms with Crippen LogP contribution in [0.3, 0.4) is 0 Å². The molecule has 3 aliphatic rings. The summed E-state index contributed by atoms with van der Waals surface area (Å²) < 4.78 is 7.97. The van der Waals surface area contributed by atoms with E-state index in [0.29, 0.717) is 30.6 Å². The molecule has 1 saturated heterocycles. The first-order chi connectivity index (χ1) is 19.2. The molecule has 1 aliphatic heterocycles. The molecule has 6 rings (SSSR count). The zero-order chi connectivity index (χ0) is 27.9. The van der Waals surface area contributed by atoms with Crippen molar-refractivity contribution in [3.05, 3.63) is 49.5 Å². The topological polar surface area (TPSA) is 128 Å². The summed E-state index contributed by atoms with van der Waals surface area (Å²) in [6, 6.07) is 11.9. The number of ether oxygens (including phenoxy) is 1. The summed E-state index contributed by atoms with van der Waals surface area (Å²) in [6.45, 7) is 3.48. The zero-order valence-corrected chi connectivity index (χ0v) is 25.1. The first-order valence-electron chi connectivity index (χ1n) is 13.6. The molecule has 3 aromatic rings. The van der Waals surface area contributed by atoms with Crippen LogP contribution in [0.5, 0.6) is 0 Å². The standard InChI is InChI=1S/C28H34IN8O3/c1-17-12-23(35-34-17)31-22-13-24(37-15-28(16-37,19-6-7-19)40-25(38)14-36(2)3)33-27(32-22)29-20-8-10-21(11-9-20)30-26(39)18-4-5-18/h8-13,18-19H,4-7,14-16H2,1-3H3,(H,30,39)(H2,31,32,33,34,35)/q-1. The number of nitrogens with zero attached hydrogens (tertiary/aromatic N) is 5. The van der Waals surface area contributed by atoms with E-state index in [0.717, 1.165) is 50.3 Å². The third kappa shape index (κ3) is 6.38. The average molecular weight is 658 g/mol. The Hall–Kier alpha value is -3.26. The van der Waals surface area contributed by atoms with E-state index in [1.165, 1.54) is 0 Å². The van der Waals surface area contributed by atoms with Gasteiger partial charge in [-0.3, -0.25) is 0 Å². The number of aromatic nitrogens is 4. The van der Waals surface area contributed by atoms with Crippen molar-refractivity contribution in [3.8, 4) is 0 Å². The minimum absolute atomic E-state index is 0.104. The molecule has 212 valence electrons. The molecule has 40 heavy (non-hydrogen) atoms. The number of aromatic amines is 1. The first kappa shape index (κ1) is 26.9. The van der Waals surface area contributed by atoms with E-state index in [-0.39, 0.29) is 24.3 Å². The van der Waals surface area contributed by atoms with Gasteiger partial charge in [0.1, 0.15) is 0 Å². The van der Waals surface area contributed by atoms with Crippen molar-refractivity contribution in [2.75, 3.05) is 49.3 Å². The van der Waals surface area contributed by atoms with Crippen LogP contribution >= 0.6 is 0 Å². The maximum atomic E-state index is 12.5. The Morgan fingerprint density at radius 2 is 1.85 bits per heavy atom. The fourth-order valence-corrected chi connectivity index (χ4v) is 6.89. The number of anilines is 4. The Morgan fingerprint density at radius 1 is 1.10 bits per heavy atom. The quantitative estimate of drug-likeness (QED) is 0.146. The van der Waals surface area contributed by atoms with Crippen LogP contribution in [0, 0.1) is 26.2 Å². The Labute approximate surface area is 243 Å². The van der Waals surface area contributed by atoms with Gasteiger partial charge in [-0.25, -0.2) is 0 Å². The SMILES string of the molecule is Cc1cc(Nc2cc(N3CC(OC(=O)CN(C)C)(C4CC4)C3)nc([I-]c3ccc(NC(=O)C4CC4)cc3)n2)n[nH]1. The fraction of sp³-hybridized carbons (Fsp3) is 0.464. The summed E-state index contributed by atoms with van der Waals surface area (Å²) in [5.74, 6) is 2.68. The number of amides is 1. The number of esters is 1. The van der Waals surface area contributed by atoms with Crippen LogP contribution in [0.25, 0.3) is 0 Å². The molecule has 0 spiro atoms. The molecule has 1 aromatic carbocycles. The van der Waals surface area contributed by atoms with Gasteiger partial charge in [-0.2, -0.15) is 0 Å². The molecule has 12 heteroatoms. The number of halogens is 1. The van der Waals surface area contributed by atoms with Crippen molar-refractivity contribution in [2.45, 2.75) is 38.2 Å². The van der Waals surface area contributed by atoms with Gasteiger partial charge in [0.25, 0.3) is 0 Å². The normalized spacial score (nSPS) is 17.9. The molecule has 0 bridgehead atoms. The van der Waals surface area contributed by atoms with Crippen LogP contribution in [-0.4, -0.2) is 76.3 Å². The van der Waals surface area contributed by atoms with E-state index in [9.17, 15) is 9.59 Å². The van der Waals surface area contributed by atoms with Crippen LogP contribution in [0.2, 0.25) is 0 Å². The van der Waals surface area contributed by atoms with E-state index in [1.807, 2.05) is 62.3 Å². The second-order valence-electron chi connectivity index (χ2n) is 11.2. The number of carbonyl (C=O) groups is 2. The molecule has 3 N–H and O–H groups in total. The Morgan fingerprint density at radius 3 is 2.48 bits per heavy atom. The molecular formula is C28H34IN8O3-. The van der Waals surface area contributed by atoms with Gasteiger partial charge in [-0.1, -0.05) is 0 Å². The predicted octanol–water partition coefficient (Wildman–Crippen LogP) is -0.198. The number of hydrogen-bond acceptors (Lipinski definition) is 9. The molecule has 11 nitrogen and oxygen atoms in total. The number of likely N-dealkylation sites (N-methyl/N-ethyl adjacent to an activating group) is 1. The number of hydrogen-bond donors (Lipinski definition) is 3. The summed E-state index contributed by atoms with van der Waals surface area (Å²) in [4.78, 5) is 38.4. The first-order valence-corrected chi connectivity index (χ1v) is 15.8. The molecule has 0 unspecified atom stereocenters. The van der Waals surface area contributed by atoms with E-state index >= 15 is 0 Å². The summed E-state index contributed by atoms with van der Waals surface area (Å²) in [6.07, 6.45) is 4.14. The van der Waals surface area contributed by atoms with E-state index in [2.05, 4.69) is 25.7 Å². The van der Waals surface area contributed by atoms with E-state index < -0.39 is 26.8 Å². The summed E-state index contributed by atoms with van der Waals surface area (Å²) in [7, 11) is 3.74. The van der Waals surface area contributed by atoms with Crippen molar-refractivity contribution in [1.29, 1.82) is 0 Å². The van der Waals surface area contributed by atoms with Gasteiger partial charge < -0.3 is 0 Å². The van der Waals surface area contributed by atoms with Gasteiger partial charge in [-0.15, -0.1) is 0 Å². The van der Waals surface area contributed by atoms with Crippen molar-refractivity contribution in [2.24, 2.45) is 11.8 Å². The van der Waals surface area contributed by atoms with Crippen LogP contribution in [-0.2, 0) is 14.3 Å². The van der Waals surface area contributed by atoms with Crippen LogP contribution in [0.1, 0.15) is 31.4 Å². The third-order valence-electron chi connectivity index (χ3n) is 7.23. The van der Waals surface area contributed by atoms with E-state index in [4.69, 9.17) is 14.7 Å². The Kier molecular flexibility index (Phi) is 7.38. The van der Waals surface area contributed by atoms with Crippen molar-refractivity contribution in [1.82, 2.24) is 25.1 Å². The zero-order valence-electron chi connectivity index (χ0n) is 22.9. The molecule has 3 fully saturated rings. The summed E-state index contributed by atoms with van der Waals surface area (Å²) >= 11 is -0.687. The van der Waals surface area contributed by atoms with Gasteiger partial charge in [0.2, 0.25) is 0 Å². The van der Waals surface area contributed by atoms with Gasteiger partial charge in [0.05, 0.1) is 0 Å². The molecular weight excluding hydrogens is 623 g/mol. The summed E-state index contributed by atoms with van der Waals surface area (Å²) in [5, 5.41) is 13.6. The number of rotatable bonds is 11. The van der Waals surface area contributed by atoms with Gasteiger partial charge in [0.15, 0.2) is 0 Å². The molecule has 2 aromatic heterocycles. The summed E-state index contributed by atoms with van der Waals surface area (Å²) in [5.41, 5.74) is 1.33. The number of carbonyl (C=O) groups excluding carboxylic acids is 2. The molecule has 0 atom stereocenters. The van der Waals surface area contributed by atoms with Crippen LogP contribution in [0.4, 0.5) is 23.1 Å². The molecule has 3 heterocycles. The van der Waals surface area contributed by atoms with Crippen molar-refractivity contribution >= 4 is 35.0 Å². The van der Waals surface area contributed by atoms with E-state index in [1.54, 1.807) is 0 Å². The van der Waals surface area contributed by atoms with Gasteiger partial charge in [-0.05, 0) is 0 Å². The fourth-order valence-electron chi connectivity index (χ4n) is 4.87. The maximum absolute atomic E-state index is 12.5. The average Bonchev–Trinajstić information content (AvgIpc) is 3.80. The minimum atomic E-state index is -0.687. The predicted molar refractivity (Wildman–Crippen MR) is 146 cm³/mol. The third-order valence-corrected chi connectivity index (χ3v) is 9.53. The second-order valence-corrected chi connectivity index (χ2v) is 14.0. The Balaban J connectivity index is 1.19. The van der Waals surface area contributed by atoms with Crippen LogP contribution < -0.4 is 36.7 Å². The number of H-pyrrole nitrogens is 1. The second kappa shape index (κ2) is 11.0. The number of aryl methyl sites for hydroxylation is 1. The van der Waals surface area contributed by atoms with Gasteiger partial charge >= 0.3 is 244 Å². The van der Waals surface area contributed by atoms with Crippen molar-refractivity contribution < 1.29 is 35.5 Å². The van der Waals surface area contributed by atoms with Crippen LogP contribution in [0.15, 0.2) is 36.4 Å². The molecule has 2 saturated carbocycles. The van der Waals surface area contributed by atoms with Gasteiger partial charge in [0, 0.05) is 0 Å². The number of nitrogens with one attached hydrogen (secondary N) is 3. The number of benzene rings is 1. The molecule has 1 amide bonds. The molecule has 0 radical (unpaired) electrons. The Bertz CT molecular complexity index is 1390. The van der Waals surface area contributed by atoms with Crippen molar-refractivity contribution in [3.63, 3.8) is 0 Å².